The lowest BCUT2D eigenvalue weighted by Crippen LogP contribution is -2.51. The summed E-state index contributed by atoms with van der Waals surface area (Å²) in [5, 5.41) is 0. The number of hydrogen-bond acceptors (Lipinski definition) is 3. The van der Waals surface area contributed by atoms with Gasteiger partial charge in [-0.3, -0.25) is 9.59 Å². The van der Waals surface area contributed by atoms with Crippen molar-refractivity contribution in [1.29, 1.82) is 0 Å². The Balaban J connectivity index is 2.08. The molecule has 0 spiro atoms. The van der Waals surface area contributed by atoms with Crippen molar-refractivity contribution in [3.05, 3.63) is 29.8 Å². The number of likely N-dealkylation sites (N-methyl/N-ethyl adjacent to an activating group) is 1. The van der Waals surface area contributed by atoms with Gasteiger partial charge in [0.15, 0.2) is 0 Å². The van der Waals surface area contributed by atoms with Crippen LogP contribution in [-0.4, -0.2) is 60.9 Å². The highest BCUT2D eigenvalue weighted by Gasteiger charge is 2.25. The lowest BCUT2D eigenvalue weighted by Gasteiger charge is -2.35. The molecule has 5 nitrogen and oxygen atoms in total. The molecule has 126 valence electrons. The Bertz CT molecular complexity index is 587. The normalized spacial score (nSPS) is 15.6. The van der Waals surface area contributed by atoms with Crippen molar-refractivity contribution >= 4 is 17.5 Å². The first-order valence-electron chi connectivity index (χ1n) is 7.65. The van der Waals surface area contributed by atoms with Crippen molar-refractivity contribution in [3.8, 4) is 0 Å². The van der Waals surface area contributed by atoms with Crippen molar-refractivity contribution in [2.24, 2.45) is 0 Å². The van der Waals surface area contributed by atoms with Gasteiger partial charge in [-0.2, -0.15) is 0 Å². The Morgan fingerprint density at radius 2 is 1.83 bits per heavy atom. The van der Waals surface area contributed by atoms with Gasteiger partial charge in [-0.1, -0.05) is 6.92 Å². The number of rotatable bonds is 4. The van der Waals surface area contributed by atoms with Crippen LogP contribution in [-0.2, 0) is 9.59 Å². The molecule has 2 amide bonds. The molecule has 0 N–H and O–H groups in total. The maximum absolute atomic E-state index is 13.9. The predicted octanol–water partition coefficient (Wildman–Crippen LogP) is 1.48. The molecule has 1 aromatic rings. The standard InChI is InChI=1S/C16H21F2N3O2/c1-3-19-6-8-20(9-7-19)16(23)11-21(12(2)22)15-5-4-13(17)10-14(15)18/h4-5,10H,3,6-9,11H2,1-2H3. The zero-order chi connectivity index (χ0) is 17.0. The van der Waals surface area contributed by atoms with Crippen LogP contribution in [0, 0.1) is 11.6 Å². The zero-order valence-corrected chi connectivity index (χ0v) is 13.4. The molecular formula is C16H21F2N3O2. The van der Waals surface area contributed by atoms with Crippen LogP contribution >= 0.6 is 0 Å². The van der Waals surface area contributed by atoms with Crippen LogP contribution in [0.2, 0.25) is 0 Å². The van der Waals surface area contributed by atoms with Crippen molar-refractivity contribution in [3.63, 3.8) is 0 Å². The van der Waals surface area contributed by atoms with Gasteiger partial charge < -0.3 is 14.7 Å². The largest absolute Gasteiger partial charge is 0.339 e. The molecule has 1 aliphatic heterocycles. The molecule has 23 heavy (non-hydrogen) atoms. The van der Waals surface area contributed by atoms with Crippen LogP contribution in [0.5, 0.6) is 0 Å². The minimum atomic E-state index is -0.858. The molecule has 0 saturated carbocycles. The van der Waals surface area contributed by atoms with E-state index < -0.39 is 17.5 Å². The fourth-order valence-corrected chi connectivity index (χ4v) is 2.62. The van der Waals surface area contributed by atoms with Gasteiger partial charge >= 0.3 is 0 Å². The number of carbonyl (C=O) groups is 2. The summed E-state index contributed by atoms with van der Waals surface area (Å²) in [5.74, 6) is -2.28. The van der Waals surface area contributed by atoms with Gasteiger partial charge in [0.1, 0.15) is 18.2 Å². The van der Waals surface area contributed by atoms with Crippen molar-refractivity contribution < 1.29 is 18.4 Å². The average molecular weight is 325 g/mol. The summed E-state index contributed by atoms with van der Waals surface area (Å²) in [4.78, 5) is 29.1. The monoisotopic (exact) mass is 325 g/mol. The summed E-state index contributed by atoms with van der Waals surface area (Å²) < 4.78 is 26.9. The minimum absolute atomic E-state index is 0.0838. The summed E-state index contributed by atoms with van der Waals surface area (Å²) in [6, 6.07) is 2.95. The van der Waals surface area contributed by atoms with Crippen LogP contribution in [0.4, 0.5) is 14.5 Å². The molecular weight excluding hydrogens is 304 g/mol. The second-order valence-corrected chi connectivity index (χ2v) is 5.52. The fourth-order valence-electron chi connectivity index (χ4n) is 2.62. The number of benzene rings is 1. The Morgan fingerprint density at radius 3 is 2.35 bits per heavy atom. The topological polar surface area (TPSA) is 43.9 Å². The van der Waals surface area contributed by atoms with E-state index in [9.17, 15) is 18.4 Å². The summed E-state index contributed by atoms with van der Waals surface area (Å²) in [7, 11) is 0. The Labute approximate surface area is 134 Å². The molecule has 1 heterocycles. The first kappa shape index (κ1) is 17.3. The second-order valence-electron chi connectivity index (χ2n) is 5.52. The van der Waals surface area contributed by atoms with E-state index >= 15 is 0 Å². The molecule has 1 aliphatic rings. The molecule has 0 aromatic heterocycles. The maximum Gasteiger partial charge on any atom is 0.242 e. The first-order chi connectivity index (χ1) is 10.9. The summed E-state index contributed by atoms with van der Waals surface area (Å²) in [5.41, 5.74) is -0.0838. The number of anilines is 1. The minimum Gasteiger partial charge on any atom is -0.339 e. The first-order valence-corrected chi connectivity index (χ1v) is 7.65. The predicted molar refractivity (Wildman–Crippen MR) is 83.1 cm³/mol. The van der Waals surface area contributed by atoms with Gasteiger partial charge in [0, 0.05) is 39.2 Å². The third-order valence-corrected chi connectivity index (χ3v) is 4.05. The highest BCUT2D eigenvalue weighted by Crippen LogP contribution is 2.20. The van der Waals surface area contributed by atoms with Gasteiger partial charge in [0.2, 0.25) is 11.8 Å². The SMILES string of the molecule is CCN1CCN(C(=O)CN(C(C)=O)c2ccc(F)cc2F)CC1. The van der Waals surface area contributed by atoms with Crippen LogP contribution in [0.25, 0.3) is 0 Å². The number of halogens is 2. The lowest BCUT2D eigenvalue weighted by atomic mass is 10.2. The highest BCUT2D eigenvalue weighted by atomic mass is 19.1. The molecule has 1 fully saturated rings. The van der Waals surface area contributed by atoms with E-state index in [4.69, 9.17) is 0 Å². The van der Waals surface area contributed by atoms with Crippen LogP contribution in [0.1, 0.15) is 13.8 Å². The molecule has 2 rings (SSSR count). The van der Waals surface area contributed by atoms with E-state index in [1.165, 1.54) is 13.0 Å². The number of carbonyl (C=O) groups excluding carboxylic acids is 2. The van der Waals surface area contributed by atoms with E-state index in [0.29, 0.717) is 19.2 Å². The van der Waals surface area contributed by atoms with E-state index in [-0.39, 0.29) is 18.1 Å². The Kier molecular flexibility index (Phi) is 5.65. The molecule has 7 heteroatoms. The zero-order valence-electron chi connectivity index (χ0n) is 13.4. The molecule has 1 aromatic carbocycles. The fraction of sp³-hybridized carbons (Fsp3) is 0.500. The van der Waals surface area contributed by atoms with Crippen LogP contribution in [0.3, 0.4) is 0 Å². The third kappa shape index (κ3) is 4.25. The highest BCUT2D eigenvalue weighted by molar-refractivity contribution is 5.97. The summed E-state index contributed by atoms with van der Waals surface area (Å²) in [6.45, 7) is 6.75. The molecule has 0 radical (unpaired) electrons. The third-order valence-electron chi connectivity index (χ3n) is 4.05. The smallest absolute Gasteiger partial charge is 0.242 e. The summed E-state index contributed by atoms with van der Waals surface area (Å²) >= 11 is 0. The number of piperazine rings is 1. The molecule has 1 saturated heterocycles. The molecule has 0 bridgehead atoms. The van der Waals surface area contributed by atoms with E-state index in [0.717, 1.165) is 30.6 Å². The molecule has 0 atom stereocenters. The van der Waals surface area contributed by atoms with Crippen molar-refractivity contribution in [2.45, 2.75) is 13.8 Å². The second kappa shape index (κ2) is 7.50. The van der Waals surface area contributed by atoms with Gasteiger partial charge in [-0.15, -0.1) is 0 Å². The van der Waals surface area contributed by atoms with Crippen molar-refractivity contribution in [1.82, 2.24) is 9.80 Å². The number of amides is 2. The lowest BCUT2D eigenvalue weighted by molar-refractivity contribution is -0.132. The van der Waals surface area contributed by atoms with Gasteiger partial charge in [-0.25, -0.2) is 8.78 Å². The Hall–Kier alpha value is -2.02. The van der Waals surface area contributed by atoms with E-state index in [2.05, 4.69) is 11.8 Å². The van der Waals surface area contributed by atoms with E-state index in [1.54, 1.807) is 4.90 Å². The van der Waals surface area contributed by atoms with E-state index in [1.807, 2.05) is 0 Å². The number of hydrogen-bond donors (Lipinski definition) is 0. The van der Waals surface area contributed by atoms with Gasteiger partial charge in [0.05, 0.1) is 5.69 Å². The van der Waals surface area contributed by atoms with Crippen LogP contribution < -0.4 is 4.90 Å². The number of nitrogens with zero attached hydrogens (tertiary/aromatic N) is 3. The maximum atomic E-state index is 13.9. The van der Waals surface area contributed by atoms with Gasteiger partial charge in [0.25, 0.3) is 0 Å². The quantitative estimate of drug-likeness (QED) is 0.842. The van der Waals surface area contributed by atoms with Crippen LogP contribution in [0.15, 0.2) is 18.2 Å². The average Bonchev–Trinajstić information content (AvgIpc) is 2.53. The summed E-state index contributed by atoms with van der Waals surface area (Å²) in [6.07, 6.45) is 0. The molecule has 0 aliphatic carbocycles. The van der Waals surface area contributed by atoms with Gasteiger partial charge in [-0.05, 0) is 18.7 Å². The van der Waals surface area contributed by atoms with Crippen molar-refractivity contribution in [2.75, 3.05) is 44.2 Å². The molecule has 0 unspecified atom stereocenters. The Morgan fingerprint density at radius 1 is 1.17 bits per heavy atom.